The summed E-state index contributed by atoms with van der Waals surface area (Å²) in [5.41, 5.74) is 0. The lowest BCUT2D eigenvalue weighted by Crippen LogP contribution is -2.31. The van der Waals surface area contributed by atoms with Crippen molar-refractivity contribution >= 4 is 27.5 Å². The molecule has 124 valence electrons. The second kappa shape index (κ2) is 7.44. The first kappa shape index (κ1) is 17.3. The van der Waals surface area contributed by atoms with E-state index in [1.54, 1.807) is 24.3 Å². The van der Waals surface area contributed by atoms with E-state index < -0.39 is 10.0 Å². The highest BCUT2D eigenvalue weighted by atomic mass is 35.5. The molecular weight excluding hydrogens is 344 g/mol. The van der Waals surface area contributed by atoms with Gasteiger partial charge in [0.05, 0.1) is 12.7 Å². The Morgan fingerprint density at radius 1 is 1.35 bits per heavy atom. The van der Waals surface area contributed by atoms with Crippen molar-refractivity contribution in [2.24, 2.45) is 5.14 Å². The SMILES string of the molecule is NS(=O)(=O)c1cnn(CC(=O)NCCOc2ccc(Cl)cc2)c1. The van der Waals surface area contributed by atoms with Crippen molar-refractivity contribution < 1.29 is 17.9 Å². The van der Waals surface area contributed by atoms with Crippen LogP contribution in [-0.4, -0.2) is 37.3 Å². The van der Waals surface area contributed by atoms with Crippen LogP contribution in [0.2, 0.25) is 5.02 Å². The molecule has 8 nitrogen and oxygen atoms in total. The highest BCUT2D eigenvalue weighted by molar-refractivity contribution is 7.89. The molecule has 0 bridgehead atoms. The summed E-state index contributed by atoms with van der Waals surface area (Å²) < 4.78 is 28.8. The molecule has 0 atom stereocenters. The molecule has 1 aromatic heterocycles. The number of nitrogens with one attached hydrogen (secondary N) is 1. The van der Waals surface area contributed by atoms with Crippen molar-refractivity contribution in [3.8, 4) is 5.75 Å². The average molecular weight is 359 g/mol. The fraction of sp³-hybridized carbons (Fsp3) is 0.231. The lowest BCUT2D eigenvalue weighted by molar-refractivity contribution is -0.121. The molecule has 0 aliphatic heterocycles. The molecule has 10 heteroatoms. The normalized spacial score (nSPS) is 11.2. The number of halogens is 1. The zero-order valence-electron chi connectivity index (χ0n) is 12.0. The molecule has 0 spiro atoms. The quantitative estimate of drug-likeness (QED) is 0.694. The third-order valence-corrected chi connectivity index (χ3v) is 3.87. The van der Waals surface area contributed by atoms with E-state index in [-0.39, 0.29) is 24.0 Å². The maximum atomic E-state index is 11.7. The number of hydrogen-bond acceptors (Lipinski definition) is 5. The van der Waals surface area contributed by atoms with Crippen LogP contribution in [0.15, 0.2) is 41.6 Å². The first-order valence-electron chi connectivity index (χ1n) is 6.55. The number of nitrogens with two attached hydrogens (primary N) is 1. The summed E-state index contributed by atoms with van der Waals surface area (Å²) in [5, 5.41) is 12.0. The molecule has 3 N–H and O–H groups in total. The van der Waals surface area contributed by atoms with Gasteiger partial charge in [-0.15, -0.1) is 0 Å². The van der Waals surface area contributed by atoms with E-state index in [0.29, 0.717) is 17.3 Å². The summed E-state index contributed by atoms with van der Waals surface area (Å²) in [7, 11) is -3.82. The minimum absolute atomic E-state index is 0.115. The van der Waals surface area contributed by atoms with E-state index in [4.69, 9.17) is 21.5 Å². The summed E-state index contributed by atoms with van der Waals surface area (Å²) in [5.74, 6) is 0.322. The third-order valence-electron chi connectivity index (χ3n) is 2.75. The fourth-order valence-corrected chi connectivity index (χ4v) is 2.26. The molecule has 0 unspecified atom stereocenters. The van der Waals surface area contributed by atoms with Gasteiger partial charge in [0.1, 0.15) is 23.8 Å². The standard InChI is InChI=1S/C13H15ClN4O4S/c14-10-1-3-11(4-2-10)22-6-5-16-13(19)9-18-8-12(7-17-18)23(15,20)21/h1-4,7-8H,5-6,9H2,(H,16,19)(H2,15,20,21). The van der Waals surface area contributed by atoms with E-state index in [1.165, 1.54) is 10.9 Å². The first-order valence-corrected chi connectivity index (χ1v) is 8.47. The molecule has 2 aromatic rings. The zero-order valence-corrected chi connectivity index (χ0v) is 13.5. The third kappa shape index (κ3) is 5.55. The number of hydrogen-bond donors (Lipinski definition) is 2. The number of amides is 1. The number of primary sulfonamides is 1. The number of nitrogens with zero attached hydrogens (tertiary/aromatic N) is 2. The summed E-state index contributed by atoms with van der Waals surface area (Å²) in [6.45, 7) is 0.468. The summed E-state index contributed by atoms with van der Waals surface area (Å²) in [4.78, 5) is 11.6. The van der Waals surface area contributed by atoms with Crippen molar-refractivity contribution in [3.05, 3.63) is 41.7 Å². The Hall–Kier alpha value is -2.10. The molecule has 0 aliphatic rings. The van der Waals surface area contributed by atoms with Crippen molar-refractivity contribution in [1.29, 1.82) is 0 Å². The van der Waals surface area contributed by atoms with Gasteiger partial charge in [-0.2, -0.15) is 5.10 Å². The predicted octanol–water partition coefficient (Wildman–Crippen LogP) is 0.379. The van der Waals surface area contributed by atoms with E-state index >= 15 is 0 Å². The smallest absolute Gasteiger partial charge is 0.241 e. The number of benzene rings is 1. The molecule has 0 radical (unpaired) electrons. The van der Waals surface area contributed by atoms with Crippen LogP contribution in [0.25, 0.3) is 0 Å². The molecule has 1 heterocycles. The zero-order chi connectivity index (χ0) is 16.9. The van der Waals surface area contributed by atoms with Crippen LogP contribution >= 0.6 is 11.6 Å². The van der Waals surface area contributed by atoms with Gasteiger partial charge in [-0.25, -0.2) is 13.6 Å². The minimum Gasteiger partial charge on any atom is -0.492 e. The Labute approximate surface area is 138 Å². The predicted molar refractivity (Wildman–Crippen MR) is 83.6 cm³/mol. The lowest BCUT2D eigenvalue weighted by Gasteiger charge is -2.08. The second-order valence-corrected chi connectivity index (χ2v) is 6.57. The van der Waals surface area contributed by atoms with Gasteiger partial charge >= 0.3 is 0 Å². The van der Waals surface area contributed by atoms with Crippen LogP contribution in [0.1, 0.15) is 0 Å². The second-order valence-electron chi connectivity index (χ2n) is 4.57. The molecule has 23 heavy (non-hydrogen) atoms. The number of ether oxygens (including phenoxy) is 1. The number of carbonyl (C=O) groups excluding carboxylic acids is 1. The number of sulfonamides is 1. The van der Waals surface area contributed by atoms with E-state index in [0.717, 1.165) is 6.20 Å². The summed E-state index contributed by atoms with van der Waals surface area (Å²) in [6.07, 6.45) is 2.28. The van der Waals surface area contributed by atoms with Crippen LogP contribution in [-0.2, 0) is 21.4 Å². The van der Waals surface area contributed by atoms with Crippen LogP contribution in [0, 0.1) is 0 Å². The van der Waals surface area contributed by atoms with Crippen molar-refractivity contribution in [3.63, 3.8) is 0 Å². The first-order chi connectivity index (χ1) is 10.8. The minimum atomic E-state index is -3.82. The van der Waals surface area contributed by atoms with Crippen molar-refractivity contribution in [2.45, 2.75) is 11.4 Å². The Balaban J connectivity index is 1.73. The van der Waals surface area contributed by atoms with Gasteiger partial charge in [-0.3, -0.25) is 9.48 Å². The van der Waals surface area contributed by atoms with Gasteiger partial charge in [-0.05, 0) is 24.3 Å². The molecular formula is C13H15ClN4O4S. The lowest BCUT2D eigenvalue weighted by atomic mass is 10.3. The highest BCUT2D eigenvalue weighted by Gasteiger charge is 2.12. The molecule has 1 amide bonds. The van der Waals surface area contributed by atoms with E-state index in [2.05, 4.69) is 10.4 Å². The van der Waals surface area contributed by atoms with Crippen LogP contribution in [0.3, 0.4) is 0 Å². The molecule has 2 rings (SSSR count). The monoisotopic (exact) mass is 358 g/mol. The maximum Gasteiger partial charge on any atom is 0.241 e. The molecule has 0 aliphatic carbocycles. The van der Waals surface area contributed by atoms with Gasteiger partial charge in [0.15, 0.2) is 0 Å². The van der Waals surface area contributed by atoms with Crippen molar-refractivity contribution in [2.75, 3.05) is 13.2 Å². The fourth-order valence-electron chi connectivity index (χ4n) is 1.67. The van der Waals surface area contributed by atoms with Crippen molar-refractivity contribution in [1.82, 2.24) is 15.1 Å². The van der Waals surface area contributed by atoms with Gasteiger partial charge in [-0.1, -0.05) is 11.6 Å². The Kier molecular flexibility index (Phi) is 5.59. The van der Waals surface area contributed by atoms with Gasteiger partial charge in [0.25, 0.3) is 0 Å². The molecule has 0 saturated carbocycles. The van der Waals surface area contributed by atoms with Gasteiger partial charge < -0.3 is 10.1 Å². The number of aromatic nitrogens is 2. The van der Waals surface area contributed by atoms with E-state index in [9.17, 15) is 13.2 Å². The molecule has 1 aromatic carbocycles. The van der Waals surface area contributed by atoms with Crippen LogP contribution in [0.5, 0.6) is 5.75 Å². The Bertz CT molecular complexity index is 774. The average Bonchev–Trinajstić information content (AvgIpc) is 2.94. The topological polar surface area (TPSA) is 116 Å². The Morgan fingerprint density at radius 3 is 2.65 bits per heavy atom. The summed E-state index contributed by atoms with van der Waals surface area (Å²) in [6, 6.07) is 6.86. The van der Waals surface area contributed by atoms with Gasteiger partial charge in [0.2, 0.25) is 15.9 Å². The van der Waals surface area contributed by atoms with Crippen LogP contribution in [0.4, 0.5) is 0 Å². The van der Waals surface area contributed by atoms with Crippen LogP contribution < -0.4 is 15.2 Å². The molecule has 0 fully saturated rings. The number of carbonyl (C=O) groups is 1. The Morgan fingerprint density at radius 2 is 2.04 bits per heavy atom. The van der Waals surface area contributed by atoms with E-state index in [1.807, 2.05) is 0 Å². The molecule has 0 saturated heterocycles. The highest BCUT2D eigenvalue weighted by Crippen LogP contribution is 2.15. The van der Waals surface area contributed by atoms with Gasteiger partial charge in [0, 0.05) is 11.2 Å². The number of rotatable bonds is 7. The summed E-state index contributed by atoms with van der Waals surface area (Å²) >= 11 is 5.76. The maximum absolute atomic E-state index is 11.7. The largest absolute Gasteiger partial charge is 0.492 e.